The molecule has 2 heterocycles. The van der Waals surface area contributed by atoms with E-state index >= 15 is 0 Å². The van der Waals surface area contributed by atoms with E-state index < -0.39 is 0 Å². The lowest BCUT2D eigenvalue weighted by atomic mass is 9.61. The maximum absolute atomic E-state index is 2.64. The monoisotopic (exact) mass is 385 g/mol. The molecule has 1 aliphatic heterocycles. The Morgan fingerprint density at radius 1 is 0.966 bits per heavy atom. The number of hydrogen-bond donors (Lipinski definition) is 0. The highest BCUT2D eigenvalue weighted by Crippen LogP contribution is 2.51. The Balaban J connectivity index is 2.28. The van der Waals surface area contributed by atoms with E-state index in [2.05, 4.69) is 117 Å². The van der Waals surface area contributed by atoms with E-state index in [9.17, 15) is 0 Å². The van der Waals surface area contributed by atoms with Crippen molar-refractivity contribution >= 4 is 16.7 Å². The first-order chi connectivity index (χ1) is 14.0. The van der Waals surface area contributed by atoms with Gasteiger partial charge in [0.25, 0.3) is 5.82 Å². The zero-order valence-electron chi connectivity index (χ0n) is 18.7. The Hall–Kier alpha value is -2.61. The molecule has 0 saturated carbocycles. The maximum Gasteiger partial charge on any atom is 0.295 e. The number of fused-ring (bicyclic) bond motifs is 5. The smallest absolute Gasteiger partial charge is 0.216 e. The van der Waals surface area contributed by atoms with Crippen LogP contribution in [0.15, 0.2) is 66.8 Å². The van der Waals surface area contributed by atoms with E-state index in [-0.39, 0.29) is 11.0 Å². The molecule has 29 heavy (non-hydrogen) atoms. The summed E-state index contributed by atoms with van der Waals surface area (Å²) < 4.78 is 5.10. The van der Waals surface area contributed by atoms with Crippen molar-refractivity contribution in [2.24, 2.45) is 0 Å². The average Bonchev–Trinajstić information content (AvgIpc) is 3.11. The van der Waals surface area contributed by atoms with Crippen molar-refractivity contribution < 1.29 is 4.57 Å². The molecule has 0 amide bonds. The number of benzene rings is 2. The molecule has 0 fully saturated rings. The fourth-order valence-electron chi connectivity index (χ4n) is 5.46. The SMILES string of the molecule is CC=CC(=CC)n1c2[n+](c3ccccc31)C(C)(CC)C(C)(CC)c1ccccc1-2. The predicted molar refractivity (Wildman–Crippen MR) is 124 cm³/mol. The number of imidazole rings is 1. The molecule has 4 rings (SSSR count). The highest BCUT2D eigenvalue weighted by molar-refractivity contribution is 5.84. The van der Waals surface area contributed by atoms with E-state index in [1.807, 2.05) is 0 Å². The summed E-state index contributed by atoms with van der Waals surface area (Å²) in [6, 6.07) is 17.9. The molecule has 2 aromatic carbocycles. The van der Waals surface area contributed by atoms with Crippen molar-refractivity contribution in [3.8, 4) is 11.4 Å². The summed E-state index contributed by atoms with van der Waals surface area (Å²) in [5, 5.41) is 0. The van der Waals surface area contributed by atoms with Crippen molar-refractivity contribution in [2.75, 3.05) is 0 Å². The first kappa shape index (κ1) is 19.7. The first-order valence-corrected chi connectivity index (χ1v) is 10.9. The standard InChI is InChI=1S/C27H33N2/c1-7-15-20(8-2)28-23-18-13-14-19-24(23)29-25(28)21-16-11-12-17-22(21)26(5,9-3)27(29,6)10-4/h7-8,11-19H,9-10H2,1-6H3/q+1. The van der Waals surface area contributed by atoms with E-state index in [0.717, 1.165) is 12.8 Å². The highest BCUT2D eigenvalue weighted by Gasteiger charge is 2.56. The van der Waals surface area contributed by atoms with Gasteiger partial charge < -0.3 is 0 Å². The molecule has 0 spiro atoms. The van der Waals surface area contributed by atoms with Crippen molar-refractivity contribution in [1.82, 2.24) is 4.57 Å². The van der Waals surface area contributed by atoms with Gasteiger partial charge in [-0.05, 0) is 69.5 Å². The third kappa shape index (κ3) is 2.44. The Labute approximate surface area is 175 Å². The van der Waals surface area contributed by atoms with Gasteiger partial charge in [-0.3, -0.25) is 0 Å². The minimum atomic E-state index is -0.0227. The molecule has 0 bridgehead atoms. The molecule has 2 unspecified atom stereocenters. The third-order valence-electron chi connectivity index (χ3n) is 7.52. The predicted octanol–water partition coefficient (Wildman–Crippen LogP) is 6.84. The van der Waals surface area contributed by atoms with Crippen LogP contribution in [0.1, 0.15) is 59.9 Å². The van der Waals surface area contributed by atoms with Crippen molar-refractivity contribution in [2.45, 2.75) is 65.3 Å². The molecule has 0 radical (unpaired) electrons. The number of hydrogen-bond acceptors (Lipinski definition) is 0. The zero-order valence-corrected chi connectivity index (χ0v) is 18.7. The van der Waals surface area contributed by atoms with Crippen LogP contribution in [0.25, 0.3) is 28.1 Å². The summed E-state index contributed by atoms with van der Waals surface area (Å²) >= 11 is 0. The molecule has 2 nitrogen and oxygen atoms in total. The van der Waals surface area contributed by atoms with Crippen LogP contribution >= 0.6 is 0 Å². The number of allylic oxidation sites excluding steroid dienone is 4. The minimum absolute atomic E-state index is 0.0227. The van der Waals surface area contributed by atoms with Gasteiger partial charge in [0.15, 0.2) is 11.0 Å². The largest absolute Gasteiger partial charge is 0.295 e. The van der Waals surface area contributed by atoms with E-state index in [1.165, 1.54) is 33.7 Å². The minimum Gasteiger partial charge on any atom is -0.216 e. The molecule has 1 aromatic heterocycles. The molecule has 1 aliphatic rings. The molecule has 2 heteroatoms. The quantitative estimate of drug-likeness (QED) is 0.343. The maximum atomic E-state index is 2.64. The second-order valence-electron chi connectivity index (χ2n) is 8.56. The van der Waals surface area contributed by atoms with Gasteiger partial charge in [-0.1, -0.05) is 57.2 Å². The first-order valence-electron chi connectivity index (χ1n) is 10.9. The average molecular weight is 386 g/mol. The van der Waals surface area contributed by atoms with E-state index in [4.69, 9.17) is 0 Å². The summed E-state index contributed by atoms with van der Waals surface area (Å²) in [4.78, 5) is 0. The second kappa shape index (κ2) is 7.02. The van der Waals surface area contributed by atoms with E-state index in [0.29, 0.717) is 0 Å². The van der Waals surface area contributed by atoms with Gasteiger partial charge in [0.1, 0.15) is 11.2 Å². The van der Waals surface area contributed by atoms with Crippen LogP contribution in [0.4, 0.5) is 0 Å². The fourth-order valence-corrected chi connectivity index (χ4v) is 5.46. The molecular weight excluding hydrogens is 352 g/mol. The van der Waals surface area contributed by atoms with Gasteiger partial charge in [0.05, 0.1) is 5.56 Å². The topological polar surface area (TPSA) is 8.81 Å². The van der Waals surface area contributed by atoms with Crippen LogP contribution in [0.2, 0.25) is 0 Å². The Bertz CT molecular complexity index is 1130. The molecule has 150 valence electrons. The van der Waals surface area contributed by atoms with Gasteiger partial charge in [0.2, 0.25) is 0 Å². The van der Waals surface area contributed by atoms with Crippen LogP contribution in [-0.2, 0) is 11.0 Å². The fraction of sp³-hybridized carbons (Fsp3) is 0.370. The summed E-state index contributed by atoms with van der Waals surface area (Å²) in [5.74, 6) is 1.29. The van der Waals surface area contributed by atoms with E-state index in [1.54, 1.807) is 0 Å². The molecule has 0 saturated heterocycles. The van der Waals surface area contributed by atoms with Crippen LogP contribution < -0.4 is 4.57 Å². The van der Waals surface area contributed by atoms with Gasteiger partial charge >= 0.3 is 0 Å². The number of rotatable bonds is 4. The molecule has 2 atom stereocenters. The lowest BCUT2D eigenvalue weighted by molar-refractivity contribution is -0.743. The lowest BCUT2D eigenvalue weighted by Gasteiger charge is -2.47. The summed E-state index contributed by atoms with van der Waals surface area (Å²) in [6.45, 7) is 13.8. The highest BCUT2D eigenvalue weighted by atomic mass is 15.2. The van der Waals surface area contributed by atoms with Crippen molar-refractivity contribution in [3.05, 3.63) is 72.3 Å². The lowest BCUT2D eigenvalue weighted by Crippen LogP contribution is -2.67. The van der Waals surface area contributed by atoms with Gasteiger partial charge in [-0.25, -0.2) is 4.57 Å². The Morgan fingerprint density at radius 3 is 2.31 bits per heavy atom. The van der Waals surface area contributed by atoms with Gasteiger partial charge in [0, 0.05) is 5.41 Å². The third-order valence-corrected chi connectivity index (χ3v) is 7.52. The second-order valence-corrected chi connectivity index (χ2v) is 8.56. The number of aromatic nitrogens is 2. The summed E-state index contributed by atoms with van der Waals surface area (Å²) in [5.41, 5.74) is 6.64. The van der Waals surface area contributed by atoms with Gasteiger partial charge in [-0.15, -0.1) is 0 Å². The molecule has 0 aliphatic carbocycles. The Kier molecular flexibility index (Phi) is 4.77. The van der Waals surface area contributed by atoms with Crippen LogP contribution in [0.3, 0.4) is 0 Å². The molecule has 0 N–H and O–H groups in total. The van der Waals surface area contributed by atoms with Gasteiger partial charge in [-0.2, -0.15) is 4.57 Å². The molecular formula is C27H33N2+. The zero-order chi connectivity index (χ0) is 20.8. The van der Waals surface area contributed by atoms with Crippen LogP contribution in [0.5, 0.6) is 0 Å². The van der Waals surface area contributed by atoms with Crippen LogP contribution in [-0.4, -0.2) is 4.57 Å². The van der Waals surface area contributed by atoms with Crippen molar-refractivity contribution in [1.29, 1.82) is 0 Å². The van der Waals surface area contributed by atoms with Crippen LogP contribution in [0, 0.1) is 0 Å². The number of nitrogens with zero attached hydrogens (tertiary/aromatic N) is 2. The van der Waals surface area contributed by atoms with Crippen molar-refractivity contribution in [3.63, 3.8) is 0 Å². The summed E-state index contributed by atoms with van der Waals surface area (Å²) in [7, 11) is 0. The number of para-hydroxylation sites is 2. The molecule has 3 aromatic rings. The normalized spacial score (nSPS) is 24.1. The summed E-state index contributed by atoms with van der Waals surface area (Å²) in [6.07, 6.45) is 8.74. The Morgan fingerprint density at radius 2 is 1.66 bits per heavy atom.